The number of carbonyl (C=O) groups excluding carboxylic acids is 5. The Morgan fingerprint density at radius 3 is 1.80 bits per heavy atom. The van der Waals surface area contributed by atoms with E-state index in [-0.39, 0.29) is 37.9 Å². The third kappa shape index (κ3) is 15.0. The maximum absolute atomic E-state index is 13.7. The molecule has 5 amide bonds. The summed E-state index contributed by atoms with van der Waals surface area (Å²) >= 11 is 0. The number of rotatable bonds is 22. The number of carbonyl (C=O) groups is 8. The second kappa shape index (κ2) is 21.0. The molecule has 0 aliphatic carbocycles. The first kappa shape index (κ1) is 42.6. The van der Waals surface area contributed by atoms with E-state index in [9.17, 15) is 53.7 Å². The van der Waals surface area contributed by atoms with Crippen LogP contribution in [0.1, 0.15) is 36.1 Å². The van der Waals surface area contributed by atoms with Crippen molar-refractivity contribution in [2.75, 3.05) is 6.54 Å². The number of hydrogen-bond acceptors (Lipinski definition) is 11. The van der Waals surface area contributed by atoms with Gasteiger partial charge in [0.15, 0.2) is 0 Å². The van der Waals surface area contributed by atoms with Crippen molar-refractivity contribution >= 4 is 47.4 Å². The number of imidazole rings is 1. The van der Waals surface area contributed by atoms with Crippen LogP contribution in [0.15, 0.2) is 67.1 Å². The zero-order chi connectivity index (χ0) is 40.5. The number of phenols is 1. The van der Waals surface area contributed by atoms with Crippen LogP contribution in [0, 0.1) is 0 Å². The van der Waals surface area contributed by atoms with Crippen LogP contribution in [-0.4, -0.2) is 115 Å². The number of hydrogen-bond donors (Lipinski definition) is 11. The summed E-state index contributed by atoms with van der Waals surface area (Å²) in [6, 6.07) is 6.37. The molecule has 0 radical (unpaired) electrons. The summed E-state index contributed by atoms with van der Waals surface area (Å²) in [5.74, 6) is -8.99. The van der Waals surface area contributed by atoms with Gasteiger partial charge >= 0.3 is 17.9 Å². The largest absolute Gasteiger partial charge is 0.508 e. The third-order valence-corrected chi connectivity index (χ3v) is 7.98. The topological polar surface area (TPSA) is 332 Å². The molecule has 0 saturated heterocycles. The lowest BCUT2D eigenvalue weighted by atomic mass is 10.0. The molecule has 0 aliphatic heterocycles. The molecule has 3 rings (SSSR count). The molecule has 1 aromatic heterocycles. The molecule has 3 aromatic rings. The van der Waals surface area contributed by atoms with Crippen molar-refractivity contribution in [3.8, 4) is 5.75 Å². The minimum Gasteiger partial charge on any atom is -0.508 e. The second-order valence-electron chi connectivity index (χ2n) is 12.3. The predicted octanol–water partition coefficient (Wildman–Crippen LogP) is -2.05. The lowest BCUT2D eigenvalue weighted by Gasteiger charge is -2.26. The van der Waals surface area contributed by atoms with E-state index < -0.39 is 90.6 Å². The van der Waals surface area contributed by atoms with Crippen LogP contribution in [0.4, 0.5) is 0 Å². The van der Waals surface area contributed by atoms with Gasteiger partial charge in [0, 0.05) is 37.6 Å². The zero-order valence-electron chi connectivity index (χ0n) is 29.3. The number of H-pyrrole nitrogens is 1. The molecule has 0 spiro atoms. The van der Waals surface area contributed by atoms with Gasteiger partial charge in [-0.25, -0.2) is 9.78 Å². The molecule has 12 N–H and O–H groups in total. The van der Waals surface area contributed by atoms with Gasteiger partial charge < -0.3 is 57.7 Å². The Morgan fingerprint density at radius 2 is 1.24 bits per heavy atom. The fourth-order valence-corrected chi connectivity index (χ4v) is 5.11. The van der Waals surface area contributed by atoms with Crippen molar-refractivity contribution in [2.45, 2.75) is 68.7 Å². The SMILES string of the molecule is N[C@@H](CCC(=O)O)C(=O)NCC(=O)N[C@@H](Cc1ccccc1)C(=O)N[C@@H](CC(=O)O)C(=O)N[C@@H](Cc1ccc(O)cc1)C(=O)N[C@@H](Cc1cnc[nH]1)C(=O)O. The lowest BCUT2D eigenvalue weighted by Crippen LogP contribution is -2.59. The van der Waals surface area contributed by atoms with Crippen LogP contribution in [0.5, 0.6) is 5.75 Å². The van der Waals surface area contributed by atoms with Gasteiger partial charge in [-0.2, -0.15) is 0 Å². The van der Waals surface area contributed by atoms with Crippen LogP contribution < -0.4 is 32.3 Å². The van der Waals surface area contributed by atoms with Gasteiger partial charge in [0.25, 0.3) is 0 Å². The summed E-state index contributed by atoms with van der Waals surface area (Å²) in [4.78, 5) is 107. The molecule has 0 saturated carbocycles. The second-order valence-corrected chi connectivity index (χ2v) is 12.3. The number of carboxylic acid groups (broad SMARTS) is 3. The molecule has 1 heterocycles. The Morgan fingerprint density at radius 1 is 0.673 bits per heavy atom. The van der Waals surface area contributed by atoms with Crippen LogP contribution in [0.3, 0.4) is 0 Å². The monoisotopic (exact) mass is 766 g/mol. The van der Waals surface area contributed by atoms with Gasteiger partial charge in [0.05, 0.1) is 25.3 Å². The Kier molecular flexibility index (Phi) is 16.3. The molecule has 20 heteroatoms. The van der Waals surface area contributed by atoms with E-state index in [1.807, 2.05) is 0 Å². The summed E-state index contributed by atoms with van der Waals surface area (Å²) in [6.45, 7) is -0.664. The number of nitrogens with one attached hydrogen (secondary N) is 6. The van der Waals surface area contributed by atoms with Gasteiger partial charge in [0.1, 0.15) is 29.9 Å². The van der Waals surface area contributed by atoms with Crippen molar-refractivity contribution in [1.29, 1.82) is 0 Å². The number of phenolic OH excluding ortho intramolecular Hbond substituents is 1. The molecule has 2 aromatic carbocycles. The fourth-order valence-electron chi connectivity index (χ4n) is 5.11. The summed E-state index contributed by atoms with van der Waals surface area (Å²) in [5, 5.41) is 49.7. The van der Waals surface area contributed by atoms with Crippen molar-refractivity contribution in [2.24, 2.45) is 5.73 Å². The Hall–Kier alpha value is -6.83. The molecular formula is C35H42N8O12. The van der Waals surface area contributed by atoms with Crippen molar-refractivity contribution in [3.63, 3.8) is 0 Å². The lowest BCUT2D eigenvalue weighted by molar-refractivity contribution is -0.143. The van der Waals surface area contributed by atoms with Gasteiger partial charge in [-0.3, -0.25) is 33.6 Å². The minimum atomic E-state index is -1.82. The first-order chi connectivity index (χ1) is 26.1. The standard InChI is InChI=1S/C35H42N8O12/c36-23(10-11-29(46)47)31(50)38-17-28(45)40-24(12-19-4-2-1-3-5-19)32(51)42-26(15-30(48)49)34(53)41-25(13-20-6-8-22(44)9-7-20)33(52)43-27(35(54)55)14-21-16-37-18-39-21/h1-9,16,18,23-27,44H,10-15,17,36H2,(H,37,39)(H,38,50)(H,40,45)(H,41,53)(H,42,51)(H,43,52)(H,46,47)(H,48,49)(H,54,55)/t23-,24-,25-,26-,27-/m0/s1. The maximum Gasteiger partial charge on any atom is 0.326 e. The van der Waals surface area contributed by atoms with Gasteiger partial charge in [0.2, 0.25) is 29.5 Å². The molecular weight excluding hydrogens is 724 g/mol. The Bertz CT molecular complexity index is 1810. The van der Waals surface area contributed by atoms with E-state index in [1.165, 1.54) is 36.8 Å². The Labute approximate surface area is 313 Å². The highest BCUT2D eigenvalue weighted by atomic mass is 16.4. The highest BCUT2D eigenvalue weighted by molar-refractivity contribution is 5.97. The summed E-state index contributed by atoms with van der Waals surface area (Å²) < 4.78 is 0. The maximum atomic E-state index is 13.7. The Balaban J connectivity index is 1.81. The number of benzene rings is 2. The average molecular weight is 767 g/mol. The van der Waals surface area contributed by atoms with Crippen LogP contribution >= 0.6 is 0 Å². The van der Waals surface area contributed by atoms with Crippen molar-refractivity contribution in [1.82, 2.24) is 36.6 Å². The number of nitrogens with two attached hydrogens (primary N) is 1. The smallest absolute Gasteiger partial charge is 0.326 e. The van der Waals surface area contributed by atoms with Crippen LogP contribution in [0.2, 0.25) is 0 Å². The van der Waals surface area contributed by atoms with Crippen molar-refractivity contribution in [3.05, 3.63) is 83.9 Å². The molecule has 0 aliphatic rings. The average Bonchev–Trinajstić information content (AvgIpc) is 3.66. The highest BCUT2D eigenvalue weighted by Gasteiger charge is 2.33. The first-order valence-corrected chi connectivity index (χ1v) is 16.8. The molecule has 0 unspecified atom stereocenters. The van der Waals surface area contributed by atoms with Crippen molar-refractivity contribution < 1.29 is 58.8 Å². The normalized spacial score (nSPS) is 13.5. The number of aromatic amines is 1. The van der Waals surface area contributed by atoms with E-state index in [1.54, 1.807) is 30.3 Å². The zero-order valence-corrected chi connectivity index (χ0v) is 29.3. The predicted molar refractivity (Wildman–Crippen MR) is 190 cm³/mol. The van der Waals surface area contributed by atoms with Crippen LogP contribution in [0.25, 0.3) is 0 Å². The summed E-state index contributed by atoms with van der Waals surface area (Å²) in [7, 11) is 0. The molecule has 294 valence electrons. The van der Waals surface area contributed by atoms with E-state index >= 15 is 0 Å². The number of amides is 5. The van der Waals surface area contributed by atoms with Gasteiger partial charge in [-0.15, -0.1) is 0 Å². The fraction of sp³-hybridized carbons (Fsp3) is 0.343. The van der Waals surface area contributed by atoms with Gasteiger partial charge in [-0.1, -0.05) is 42.5 Å². The van der Waals surface area contributed by atoms with E-state index in [0.29, 0.717) is 16.8 Å². The number of aliphatic carboxylic acids is 3. The number of aromatic hydroxyl groups is 1. The summed E-state index contributed by atoms with van der Waals surface area (Å²) in [5.41, 5.74) is 7.02. The molecule has 0 bridgehead atoms. The highest BCUT2D eigenvalue weighted by Crippen LogP contribution is 2.13. The quantitative estimate of drug-likeness (QED) is 0.0525. The number of carboxylic acids is 3. The first-order valence-electron chi connectivity index (χ1n) is 16.8. The van der Waals surface area contributed by atoms with E-state index in [2.05, 4.69) is 36.6 Å². The molecule has 20 nitrogen and oxygen atoms in total. The molecule has 0 fully saturated rings. The van der Waals surface area contributed by atoms with Crippen LogP contribution in [-0.2, 0) is 57.6 Å². The number of aromatic nitrogens is 2. The summed E-state index contributed by atoms with van der Waals surface area (Å²) in [6.07, 6.45) is 0.525. The van der Waals surface area contributed by atoms with E-state index in [4.69, 9.17) is 10.8 Å². The molecule has 55 heavy (non-hydrogen) atoms. The third-order valence-electron chi connectivity index (χ3n) is 7.98. The van der Waals surface area contributed by atoms with Gasteiger partial charge in [-0.05, 0) is 29.7 Å². The van der Waals surface area contributed by atoms with E-state index in [0.717, 1.165) is 0 Å². The molecule has 5 atom stereocenters. The minimum absolute atomic E-state index is 0.0950. The number of nitrogens with zero attached hydrogens (tertiary/aromatic N) is 1.